The van der Waals surface area contributed by atoms with E-state index in [1.165, 1.54) is 24.0 Å². The first-order chi connectivity index (χ1) is 27.4. The van der Waals surface area contributed by atoms with Gasteiger partial charge in [-0.3, -0.25) is 28.8 Å². The van der Waals surface area contributed by atoms with Crippen molar-refractivity contribution >= 4 is 74.2 Å². The molecule has 11 nitrogen and oxygen atoms in total. The summed E-state index contributed by atoms with van der Waals surface area (Å²) in [7, 11) is 4.61. The number of hydrogen-bond acceptors (Lipinski definition) is 9. The van der Waals surface area contributed by atoms with Crippen molar-refractivity contribution in [3.05, 3.63) is 101 Å². The van der Waals surface area contributed by atoms with E-state index in [-0.39, 0.29) is 47.3 Å². The first kappa shape index (κ1) is 36.9. The number of anilines is 2. The molecule has 13 heteroatoms. The zero-order valence-corrected chi connectivity index (χ0v) is 33.4. The van der Waals surface area contributed by atoms with Crippen LogP contribution in [0.15, 0.2) is 84.5 Å². The normalized spacial score (nSPS) is 25.6. The van der Waals surface area contributed by atoms with Crippen LogP contribution in [0.4, 0.5) is 11.5 Å². The molecular formula is C44H39ClN4O7S. The van der Waals surface area contributed by atoms with Crippen molar-refractivity contribution in [2.75, 3.05) is 24.0 Å². The average molecular weight is 803 g/mol. The first-order valence-corrected chi connectivity index (χ1v) is 19.9. The highest BCUT2D eigenvalue weighted by molar-refractivity contribution is 7.22. The number of methoxy groups -OCH3 is 2. The summed E-state index contributed by atoms with van der Waals surface area (Å²) in [4.78, 5) is 61.8. The van der Waals surface area contributed by atoms with E-state index in [1.54, 1.807) is 65.5 Å². The molecule has 0 radical (unpaired) electrons. The van der Waals surface area contributed by atoms with E-state index in [0.717, 1.165) is 26.1 Å². The molecule has 2 aliphatic heterocycles. The van der Waals surface area contributed by atoms with Crippen LogP contribution in [0.25, 0.3) is 26.7 Å². The Bertz CT molecular complexity index is 2590. The third-order valence-corrected chi connectivity index (χ3v) is 14.1. The monoisotopic (exact) mass is 802 g/mol. The summed E-state index contributed by atoms with van der Waals surface area (Å²) in [6, 6.07) is 19.8. The molecule has 0 unspecified atom stereocenters. The number of fused-ring (bicyclic) bond motifs is 5. The highest BCUT2D eigenvalue weighted by atomic mass is 35.5. The molecule has 2 aromatic heterocycles. The van der Waals surface area contributed by atoms with Crippen molar-refractivity contribution in [3.63, 3.8) is 0 Å². The van der Waals surface area contributed by atoms with Crippen molar-refractivity contribution < 1.29 is 33.8 Å². The van der Waals surface area contributed by atoms with E-state index in [0.29, 0.717) is 34.2 Å². The number of allylic oxidation sites excluding steroid dienone is 3. The number of phenolic OH excluding ortho intramolecular Hbond substituents is 1. The highest BCUT2D eigenvalue weighted by Crippen LogP contribution is 2.61. The number of aromatic nitrogens is 2. The minimum Gasteiger partial charge on any atom is -0.502 e. The summed E-state index contributed by atoms with van der Waals surface area (Å²) < 4.78 is 13.4. The number of aryl methyl sites for hydroxylation is 2. The van der Waals surface area contributed by atoms with Crippen molar-refractivity contribution in [3.8, 4) is 27.8 Å². The molecule has 1 saturated carbocycles. The van der Waals surface area contributed by atoms with Gasteiger partial charge in [-0.05, 0) is 91.6 Å². The lowest BCUT2D eigenvalue weighted by molar-refractivity contribution is -0.132. The van der Waals surface area contributed by atoms with E-state index in [1.807, 2.05) is 56.3 Å². The molecule has 2 aliphatic carbocycles. The molecule has 290 valence electrons. The zero-order valence-electron chi connectivity index (χ0n) is 31.9. The molecular weight excluding hydrogens is 764 g/mol. The number of thiophene rings is 1. The predicted molar refractivity (Wildman–Crippen MR) is 218 cm³/mol. The molecule has 3 aromatic carbocycles. The van der Waals surface area contributed by atoms with Gasteiger partial charge in [0.1, 0.15) is 11.5 Å². The van der Waals surface area contributed by atoms with Gasteiger partial charge < -0.3 is 14.6 Å². The molecule has 4 amide bonds. The smallest absolute Gasteiger partial charge is 0.242 e. The van der Waals surface area contributed by atoms with Crippen molar-refractivity contribution in [1.29, 1.82) is 0 Å². The van der Waals surface area contributed by atoms with E-state index >= 15 is 4.79 Å². The topological polar surface area (TPSA) is 131 Å². The SMILES string of the molecule is COc1cc(C=C[C@H]2C3=CC[C@@H]4C(=O)N(c5ccccc5)C(=O)[C@@H]4[C@@H]3C[C@H]3C(=O)N(c4cc(-c5sc6ccc(Cl)cc6c5C)nn4C)C(=O)[C@@]23C)cc(OC)c1O. The van der Waals surface area contributed by atoms with Crippen molar-refractivity contribution in [2.24, 2.45) is 42.1 Å². The fourth-order valence-electron chi connectivity index (χ4n) is 9.70. The molecule has 5 aromatic rings. The molecule has 4 heterocycles. The average Bonchev–Trinajstić information content (AvgIpc) is 3.88. The Morgan fingerprint density at radius 2 is 1.65 bits per heavy atom. The van der Waals surface area contributed by atoms with E-state index in [2.05, 4.69) is 0 Å². The van der Waals surface area contributed by atoms with Crippen LogP contribution in [-0.2, 0) is 26.2 Å². The van der Waals surface area contributed by atoms with Gasteiger partial charge in [0, 0.05) is 28.8 Å². The Morgan fingerprint density at radius 1 is 0.930 bits per heavy atom. The second kappa shape index (κ2) is 13.5. The summed E-state index contributed by atoms with van der Waals surface area (Å²) in [5.41, 5.74) is 2.37. The summed E-state index contributed by atoms with van der Waals surface area (Å²) in [6.45, 7) is 3.84. The van der Waals surface area contributed by atoms with Crippen molar-refractivity contribution in [1.82, 2.24) is 9.78 Å². The highest BCUT2D eigenvalue weighted by Gasteiger charge is 2.67. The number of para-hydroxylation sites is 1. The third kappa shape index (κ3) is 5.40. The number of nitrogens with zero attached hydrogens (tertiary/aromatic N) is 4. The number of carbonyl (C=O) groups is 4. The molecule has 4 aliphatic rings. The van der Waals surface area contributed by atoms with Gasteiger partial charge in [0.15, 0.2) is 11.5 Å². The van der Waals surface area contributed by atoms with Gasteiger partial charge in [-0.1, -0.05) is 53.6 Å². The van der Waals surface area contributed by atoms with Crippen LogP contribution in [0.2, 0.25) is 5.02 Å². The lowest BCUT2D eigenvalue weighted by Gasteiger charge is -2.47. The molecule has 2 saturated heterocycles. The number of hydrogen-bond donors (Lipinski definition) is 1. The van der Waals surface area contributed by atoms with Crippen LogP contribution >= 0.6 is 22.9 Å². The second-order valence-corrected chi connectivity index (χ2v) is 16.9. The lowest BCUT2D eigenvalue weighted by Crippen LogP contribution is -2.49. The first-order valence-electron chi connectivity index (χ1n) is 18.7. The van der Waals surface area contributed by atoms with E-state index < -0.39 is 35.0 Å². The Labute approximate surface area is 337 Å². The lowest BCUT2D eigenvalue weighted by atomic mass is 9.52. The molecule has 1 N–H and O–H groups in total. The molecule has 57 heavy (non-hydrogen) atoms. The number of rotatable bonds is 7. The quantitative estimate of drug-likeness (QED) is 0.130. The number of amides is 4. The van der Waals surface area contributed by atoms with Gasteiger partial charge in [-0.15, -0.1) is 11.3 Å². The van der Waals surface area contributed by atoms with Crippen LogP contribution in [0, 0.1) is 41.9 Å². The van der Waals surface area contributed by atoms with Crippen LogP contribution in [0.5, 0.6) is 17.2 Å². The number of carbonyl (C=O) groups excluding carboxylic acids is 4. The summed E-state index contributed by atoms with van der Waals surface area (Å²) in [6.07, 6.45) is 6.29. The molecule has 6 atom stereocenters. The van der Waals surface area contributed by atoms with Crippen LogP contribution < -0.4 is 19.3 Å². The van der Waals surface area contributed by atoms with Crippen LogP contribution in [0.1, 0.15) is 30.9 Å². The Morgan fingerprint density at radius 3 is 2.35 bits per heavy atom. The van der Waals surface area contributed by atoms with Gasteiger partial charge in [0.05, 0.1) is 48.0 Å². The van der Waals surface area contributed by atoms with Gasteiger partial charge in [0.2, 0.25) is 29.4 Å². The predicted octanol–water partition coefficient (Wildman–Crippen LogP) is 7.97. The number of aromatic hydroxyl groups is 1. The van der Waals surface area contributed by atoms with Crippen LogP contribution in [-0.4, -0.2) is 52.7 Å². The van der Waals surface area contributed by atoms with Crippen molar-refractivity contribution in [2.45, 2.75) is 26.7 Å². The molecule has 9 rings (SSSR count). The second-order valence-electron chi connectivity index (χ2n) is 15.4. The standard InChI is InChI=1S/C44H39ClN4O7S/c1-22-28-19-24(45)12-16-35(28)57-39(22)32-21-36(47(3)46-32)49-41(52)31-20-29-26(13-14-27-37(29)42(53)48(40(27)51)25-9-7-6-8-10-25)30(44(31,2)43(49)54)15-11-23-17-33(55-4)38(50)34(18-23)56-5/h6-13,15-19,21,27,29-31,37,50H,14,20H2,1-5H3/t27-,29+,30-,31-,37-,44-/m0/s1. The largest absolute Gasteiger partial charge is 0.502 e. The summed E-state index contributed by atoms with van der Waals surface area (Å²) in [5, 5.41) is 17.1. The Balaban J connectivity index is 1.15. The fraction of sp³-hybridized carbons (Fsp3) is 0.295. The Hall–Kier alpha value is -5.72. The van der Waals surface area contributed by atoms with Crippen LogP contribution in [0.3, 0.4) is 0 Å². The summed E-state index contributed by atoms with van der Waals surface area (Å²) >= 11 is 7.90. The van der Waals surface area contributed by atoms with Gasteiger partial charge in [-0.2, -0.15) is 5.10 Å². The van der Waals surface area contributed by atoms with E-state index in [4.69, 9.17) is 26.2 Å². The minimum atomic E-state index is -1.26. The van der Waals surface area contributed by atoms with E-state index in [9.17, 15) is 19.5 Å². The summed E-state index contributed by atoms with van der Waals surface area (Å²) in [5.74, 6) is -3.90. The zero-order chi connectivity index (χ0) is 40.1. The number of ether oxygens (including phenoxy) is 2. The third-order valence-electron chi connectivity index (χ3n) is 12.6. The molecule has 0 bridgehead atoms. The maximum absolute atomic E-state index is 15.1. The van der Waals surface area contributed by atoms with Gasteiger partial charge >= 0.3 is 0 Å². The number of halogens is 1. The maximum Gasteiger partial charge on any atom is 0.242 e. The number of imide groups is 2. The maximum atomic E-state index is 15.1. The Kier molecular flexibility index (Phi) is 8.71. The van der Waals surface area contributed by atoms with Gasteiger partial charge in [0.25, 0.3) is 0 Å². The number of phenols is 1. The fourth-order valence-corrected chi connectivity index (χ4v) is 11.0. The molecule has 0 spiro atoms. The van der Waals surface area contributed by atoms with Gasteiger partial charge in [-0.25, -0.2) is 4.90 Å². The number of benzene rings is 3. The molecule has 3 fully saturated rings. The minimum absolute atomic E-state index is 0.146.